The molecule has 0 amide bonds. The molecule has 4 heteroatoms. The lowest BCUT2D eigenvalue weighted by atomic mass is 9.77. The molecule has 1 atom stereocenters. The number of halogens is 3. The molecule has 18 heavy (non-hydrogen) atoms. The molecule has 1 aromatic rings. The maximum atomic E-state index is 13.2. The van der Waals surface area contributed by atoms with Gasteiger partial charge in [0, 0.05) is 11.5 Å². The number of Topliss-reactive ketones (excluding diaryl/α,β-unsaturated/α-hetero) is 1. The largest absolute Gasteiger partial charge is 0.294 e. The van der Waals surface area contributed by atoms with Crippen molar-refractivity contribution in [3.8, 4) is 0 Å². The van der Waals surface area contributed by atoms with E-state index in [2.05, 4.69) is 0 Å². The average Bonchev–Trinajstić information content (AvgIpc) is 2.62. The van der Waals surface area contributed by atoms with E-state index in [0.717, 1.165) is 31.4 Å². The summed E-state index contributed by atoms with van der Waals surface area (Å²) >= 11 is 5.84. The van der Waals surface area contributed by atoms with Crippen LogP contribution < -0.4 is 0 Å². The molecule has 1 fully saturated rings. The lowest BCUT2D eigenvalue weighted by molar-refractivity contribution is 0.0838. The molecule has 1 saturated carbocycles. The summed E-state index contributed by atoms with van der Waals surface area (Å²) in [6.07, 6.45) is 2.72. The second-order valence-electron chi connectivity index (χ2n) is 5.54. The number of hydrogen-bond donors (Lipinski definition) is 0. The van der Waals surface area contributed by atoms with Gasteiger partial charge in [-0.2, -0.15) is 0 Å². The highest BCUT2D eigenvalue weighted by Gasteiger charge is 2.40. The average molecular weight is 273 g/mol. The quantitative estimate of drug-likeness (QED) is 0.567. The topological polar surface area (TPSA) is 17.1 Å². The van der Waals surface area contributed by atoms with Crippen molar-refractivity contribution < 1.29 is 13.6 Å². The Labute approximate surface area is 110 Å². The summed E-state index contributed by atoms with van der Waals surface area (Å²) in [5, 5.41) is -0.0124. The molecule has 0 bridgehead atoms. The van der Waals surface area contributed by atoms with Crippen LogP contribution >= 0.6 is 11.6 Å². The second-order valence-corrected chi connectivity index (χ2v) is 5.95. The fraction of sp³-hybridized carbons (Fsp3) is 0.500. The highest BCUT2D eigenvalue weighted by atomic mass is 35.5. The first-order valence-electron chi connectivity index (χ1n) is 6.01. The van der Waals surface area contributed by atoms with Crippen molar-refractivity contribution in [3.05, 3.63) is 34.4 Å². The van der Waals surface area contributed by atoms with Gasteiger partial charge >= 0.3 is 0 Å². The van der Waals surface area contributed by atoms with E-state index < -0.39 is 11.6 Å². The van der Waals surface area contributed by atoms with Crippen molar-refractivity contribution in [2.75, 3.05) is 0 Å². The Balaban J connectivity index is 2.38. The zero-order valence-electron chi connectivity index (χ0n) is 10.4. The summed E-state index contributed by atoms with van der Waals surface area (Å²) in [5.74, 6) is -2.40. The van der Waals surface area contributed by atoms with Gasteiger partial charge < -0.3 is 0 Å². The summed E-state index contributed by atoms with van der Waals surface area (Å²) < 4.78 is 26.2. The van der Waals surface area contributed by atoms with Crippen LogP contribution in [0.25, 0.3) is 0 Å². The van der Waals surface area contributed by atoms with Gasteiger partial charge in [-0.25, -0.2) is 8.78 Å². The highest BCUT2D eigenvalue weighted by molar-refractivity contribution is 6.34. The number of ketones is 1. The monoisotopic (exact) mass is 272 g/mol. The third kappa shape index (κ3) is 2.28. The third-order valence-electron chi connectivity index (χ3n) is 3.85. The van der Waals surface area contributed by atoms with Crippen LogP contribution in [0.4, 0.5) is 8.78 Å². The van der Waals surface area contributed by atoms with Gasteiger partial charge in [0.2, 0.25) is 0 Å². The SMILES string of the molecule is CC1(C)CCCC1C(=O)c1cc(F)c(F)cc1Cl. The first-order chi connectivity index (χ1) is 8.33. The summed E-state index contributed by atoms with van der Waals surface area (Å²) in [5.41, 5.74) is -0.0128. The number of carbonyl (C=O) groups is 1. The van der Waals surface area contributed by atoms with Gasteiger partial charge in [0.1, 0.15) is 0 Å². The van der Waals surface area contributed by atoms with Crippen molar-refractivity contribution in [3.63, 3.8) is 0 Å². The van der Waals surface area contributed by atoms with E-state index in [1.807, 2.05) is 13.8 Å². The van der Waals surface area contributed by atoms with Crippen LogP contribution in [0, 0.1) is 23.0 Å². The molecular weight excluding hydrogens is 258 g/mol. The molecule has 0 aliphatic heterocycles. The van der Waals surface area contributed by atoms with Gasteiger partial charge in [0.25, 0.3) is 0 Å². The Morgan fingerprint density at radius 3 is 2.50 bits per heavy atom. The minimum Gasteiger partial charge on any atom is -0.294 e. The summed E-state index contributed by atoms with van der Waals surface area (Å²) in [6.45, 7) is 4.05. The standard InChI is InChI=1S/C14H15ClF2O/c1-14(2)5-3-4-9(14)13(18)8-6-11(16)12(17)7-10(8)15/h6-7,9H,3-5H2,1-2H3. The van der Waals surface area contributed by atoms with E-state index in [4.69, 9.17) is 11.6 Å². The summed E-state index contributed by atoms with van der Waals surface area (Å²) in [6, 6.07) is 1.78. The Kier molecular flexibility index (Phi) is 3.45. The van der Waals surface area contributed by atoms with E-state index in [1.165, 1.54) is 0 Å². The van der Waals surface area contributed by atoms with Crippen molar-refractivity contribution >= 4 is 17.4 Å². The molecule has 1 aromatic carbocycles. The van der Waals surface area contributed by atoms with E-state index in [-0.39, 0.29) is 27.7 Å². The zero-order valence-corrected chi connectivity index (χ0v) is 11.2. The Bertz CT molecular complexity index is 497. The molecule has 0 spiro atoms. The Hall–Kier alpha value is -0.960. The minimum absolute atomic E-state index is 0.0124. The lowest BCUT2D eigenvalue weighted by Crippen LogP contribution is -2.26. The predicted molar refractivity (Wildman–Crippen MR) is 66.8 cm³/mol. The van der Waals surface area contributed by atoms with Crippen LogP contribution in [0.2, 0.25) is 5.02 Å². The van der Waals surface area contributed by atoms with Crippen LogP contribution in [0.5, 0.6) is 0 Å². The lowest BCUT2D eigenvalue weighted by Gasteiger charge is -2.26. The molecule has 0 heterocycles. The van der Waals surface area contributed by atoms with Crippen molar-refractivity contribution in [1.29, 1.82) is 0 Å². The first-order valence-corrected chi connectivity index (χ1v) is 6.39. The van der Waals surface area contributed by atoms with E-state index in [9.17, 15) is 13.6 Å². The van der Waals surface area contributed by atoms with Crippen LogP contribution in [0.15, 0.2) is 12.1 Å². The second kappa shape index (κ2) is 4.61. The van der Waals surface area contributed by atoms with Gasteiger partial charge in [-0.15, -0.1) is 0 Å². The Morgan fingerprint density at radius 1 is 1.33 bits per heavy atom. The molecular formula is C14H15ClF2O. The van der Waals surface area contributed by atoms with Crippen molar-refractivity contribution in [2.45, 2.75) is 33.1 Å². The molecule has 98 valence electrons. The van der Waals surface area contributed by atoms with Gasteiger partial charge in [0.05, 0.1) is 5.02 Å². The minimum atomic E-state index is -1.03. The van der Waals surface area contributed by atoms with Gasteiger partial charge in [-0.05, 0) is 30.4 Å². The van der Waals surface area contributed by atoms with Gasteiger partial charge in [0.15, 0.2) is 17.4 Å². The molecule has 1 aliphatic carbocycles. The van der Waals surface area contributed by atoms with Crippen LogP contribution in [0.1, 0.15) is 43.5 Å². The molecule has 0 N–H and O–H groups in total. The maximum absolute atomic E-state index is 13.2. The molecule has 1 nitrogen and oxygen atoms in total. The van der Waals surface area contributed by atoms with E-state index in [1.54, 1.807) is 0 Å². The van der Waals surface area contributed by atoms with Gasteiger partial charge in [-0.3, -0.25) is 4.79 Å². The van der Waals surface area contributed by atoms with Crippen LogP contribution in [0.3, 0.4) is 0 Å². The third-order valence-corrected chi connectivity index (χ3v) is 4.16. The van der Waals surface area contributed by atoms with Crippen molar-refractivity contribution in [2.24, 2.45) is 11.3 Å². The Morgan fingerprint density at radius 2 is 1.94 bits per heavy atom. The van der Waals surface area contributed by atoms with E-state index in [0.29, 0.717) is 0 Å². The van der Waals surface area contributed by atoms with Crippen LogP contribution in [-0.4, -0.2) is 5.78 Å². The fourth-order valence-electron chi connectivity index (χ4n) is 2.71. The number of rotatable bonds is 2. The molecule has 0 radical (unpaired) electrons. The smallest absolute Gasteiger partial charge is 0.168 e. The maximum Gasteiger partial charge on any atom is 0.168 e. The molecule has 2 rings (SSSR count). The summed E-state index contributed by atoms with van der Waals surface area (Å²) in [4.78, 5) is 12.4. The summed E-state index contributed by atoms with van der Waals surface area (Å²) in [7, 11) is 0. The fourth-order valence-corrected chi connectivity index (χ4v) is 2.96. The van der Waals surface area contributed by atoms with Crippen molar-refractivity contribution in [1.82, 2.24) is 0 Å². The first kappa shape index (κ1) is 13.5. The van der Waals surface area contributed by atoms with Gasteiger partial charge in [-0.1, -0.05) is 31.9 Å². The zero-order chi connectivity index (χ0) is 13.5. The van der Waals surface area contributed by atoms with Crippen LogP contribution in [-0.2, 0) is 0 Å². The molecule has 1 unspecified atom stereocenters. The number of benzene rings is 1. The molecule has 1 aliphatic rings. The molecule has 0 saturated heterocycles. The highest BCUT2D eigenvalue weighted by Crippen LogP contribution is 2.44. The number of carbonyl (C=O) groups excluding carboxylic acids is 1. The normalized spacial score (nSPS) is 22.2. The van der Waals surface area contributed by atoms with E-state index >= 15 is 0 Å². The predicted octanol–water partition coefficient (Wildman–Crippen LogP) is 4.63. The molecule has 0 aromatic heterocycles. The number of hydrogen-bond acceptors (Lipinski definition) is 1.